The highest BCUT2D eigenvalue weighted by atomic mass is 16.6. The van der Waals surface area contributed by atoms with Crippen LogP contribution in [0.1, 0.15) is 35.5 Å². The Morgan fingerprint density at radius 1 is 1.42 bits per heavy atom. The van der Waals surface area contributed by atoms with Crippen molar-refractivity contribution in [3.63, 3.8) is 0 Å². The maximum absolute atomic E-state index is 10.9. The number of alkyl carbamates (subject to hydrolysis) is 1. The summed E-state index contributed by atoms with van der Waals surface area (Å²) in [6, 6.07) is 0. The summed E-state index contributed by atoms with van der Waals surface area (Å²) in [6.07, 6.45) is -0.409. The van der Waals surface area contributed by atoms with E-state index < -0.39 is 11.7 Å². The van der Waals surface area contributed by atoms with Gasteiger partial charge < -0.3 is 4.74 Å². The second-order valence-electron chi connectivity index (χ2n) is 3.40. The van der Waals surface area contributed by atoms with Gasteiger partial charge in [-0.15, -0.1) is 0 Å². The fourth-order valence-electron chi connectivity index (χ4n) is 0.506. The molecule has 2 amide bonds. The molecule has 0 aliphatic rings. The molecule has 0 aromatic carbocycles. The number of imide groups is 1. The summed E-state index contributed by atoms with van der Waals surface area (Å²) in [5.74, 6) is -0.329. The molecule has 0 rings (SSSR count). The lowest BCUT2D eigenvalue weighted by atomic mass is 10.2. The summed E-state index contributed by atoms with van der Waals surface area (Å²) >= 11 is 0. The molecule has 0 heterocycles. The normalized spacial score (nSPS) is 10.7. The minimum absolute atomic E-state index is 0. The van der Waals surface area contributed by atoms with Gasteiger partial charge in [-0.3, -0.25) is 10.1 Å². The average molecular weight is 175 g/mol. The van der Waals surface area contributed by atoms with Crippen LogP contribution in [0.15, 0.2) is 0 Å². The molecule has 0 radical (unpaired) electrons. The van der Waals surface area contributed by atoms with Crippen molar-refractivity contribution in [2.24, 2.45) is 0 Å². The molecule has 0 saturated carbocycles. The van der Waals surface area contributed by atoms with Crippen molar-refractivity contribution in [2.45, 2.75) is 39.7 Å². The third kappa shape index (κ3) is 5.70. The Bertz CT molecular complexity index is 186. The lowest BCUT2D eigenvalue weighted by Crippen LogP contribution is -2.35. The van der Waals surface area contributed by atoms with E-state index in [0.717, 1.165) is 0 Å². The van der Waals surface area contributed by atoms with Crippen molar-refractivity contribution in [1.29, 1.82) is 0 Å². The molecule has 1 N–H and O–H groups in total. The highest BCUT2D eigenvalue weighted by molar-refractivity contribution is 5.91. The first kappa shape index (κ1) is 10.9. The van der Waals surface area contributed by atoms with E-state index in [1.807, 2.05) is 0 Å². The van der Waals surface area contributed by atoms with Crippen molar-refractivity contribution < 1.29 is 15.8 Å². The van der Waals surface area contributed by atoms with Crippen LogP contribution in [-0.2, 0) is 9.53 Å². The van der Waals surface area contributed by atoms with Crippen LogP contribution in [0, 0.1) is 0 Å². The first-order valence-electron chi connectivity index (χ1n) is 3.88. The quantitative estimate of drug-likeness (QED) is 0.659. The van der Waals surface area contributed by atoms with Crippen LogP contribution in [0.4, 0.5) is 4.79 Å². The van der Waals surface area contributed by atoms with Gasteiger partial charge in [0.15, 0.2) is 0 Å². The SMILES string of the molecule is CCC(=O)NC(=O)OC(C)(C)C.[HH]. The topological polar surface area (TPSA) is 55.4 Å². The summed E-state index contributed by atoms with van der Waals surface area (Å²) in [4.78, 5) is 21.6. The van der Waals surface area contributed by atoms with Crippen molar-refractivity contribution in [2.75, 3.05) is 0 Å². The van der Waals surface area contributed by atoms with E-state index in [2.05, 4.69) is 5.32 Å². The van der Waals surface area contributed by atoms with E-state index >= 15 is 0 Å². The predicted molar refractivity (Wildman–Crippen MR) is 46.8 cm³/mol. The zero-order valence-corrected chi connectivity index (χ0v) is 7.93. The first-order chi connectivity index (χ1) is 5.35. The van der Waals surface area contributed by atoms with Crippen molar-refractivity contribution in [3.8, 4) is 0 Å². The summed E-state index contributed by atoms with van der Waals surface area (Å²) in [5, 5.41) is 2.09. The average Bonchev–Trinajstić information content (AvgIpc) is 1.82. The number of nitrogens with one attached hydrogen (secondary N) is 1. The van der Waals surface area contributed by atoms with Gasteiger partial charge in [-0.05, 0) is 20.8 Å². The molecular formula is C8H17NO3. The molecular weight excluding hydrogens is 158 g/mol. The monoisotopic (exact) mass is 175 g/mol. The van der Waals surface area contributed by atoms with Gasteiger partial charge in [-0.25, -0.2) is 4.79 Å². The number of carbonyl (C=O) groups excluding carboxylic acids is 2. The summed E-state index contributed by atoms with van der Waals surface area (Å²) in [5.41, 5.74) is -0.557. The van der Waals surface area contributed by atoms with E-state index in [1.165, 1.54) is 0 Å². The van der Waals surface area contributed by atoms with Crippen LogP contribution in [0.5, 0.6) is 0 Å². The maximum atomic E-state index is 10.9. The van der Waals surface area contributed by atoms with Gasteiger partial charge in [0.2, 0.25) is 5.91 Å². The molecule has 12 heavy (non-hydrogen) atoms. The third-order valence-corrected chi connectivity index (χ3v) is 0.961. The van der Waals surface area contributed by atoms with E-state index in [0.29, 0.717) is 0 Å². The molecule has 0 bridgehead atoms. The number of hydrogen-bond donors (Lipinski definition) is 1. The molecule has 4 heteroatoms. The van der Waals surface area contributed by atoms with E-state index in [-0.39, 0.29) is 13.8 Å². The maximum Gasteiger partial charge on any atom is 0.414 e. The number of carbonyl (C=O) groups is 2. The van der Waals surface area contributed by atoms with Crippen LogP contribution in [0.3, 0.4) is 0 Å². The number of rotatable bonds is 1. The standard InChI is InChI=1S/C8H15NO3.H2/c1-5-6(10)9-7(11)12-8(2,3)4;/h5H2,1-4H3,(H,9,10,11);1H. The Kier molecular flexibility index (Phi) is 3.73. The minimum atomic E-state index is -0.686. The number of ether oxygens (including phenoxy) is 1. The Morgan fingerprint density at radius 3 is 2.25 bits per heavy atom. The Hall–Kier alpha value is -1.06. The predicted octanol–water partition coefficient (Wildman–Crippen LogP) is 1.69. The zero-order valence-electron chi connectivity index (χ0n) is 7.93. The van der Waals surface area contributed by atoms with Crippen molar-refractivity contribution in [3.05, 3.63) is 0 Å². The second-order valence-corrected chi connectivity index (χ2v) is 3.40. The smallest absolute Gasteiger partial charge is 0.414 e. The Balaban J connectivity index is 0. The van der Waals surface area contributed by atoms with Crippen LogP contribution < -0.4 is 5.32 Å². The van der Waals surface area contributed by atoms with Gasteiger partial charge in [0.25, 0.3) is 0 Å². The largest absolute Gasteiger partial charge is 0.444 e. The molecule has 0 fully saturated rings. The van der Waals surface area contributed by atoms with Gasteiger partial charge in [0.1, 0.15) is 5.60 Å². The molecule has 0 saturated heterocycles. The number of hydrogen-bond acceptors (Lipinski definition) is 3. The van der Waals surface area contributed by atoms with Crippen molar-refractivity contribution >= 4 is 12.0 Å². The van der Waals surface area contributed by atoms with Crippen LogP contribution in [-0.4, -0.2) is 17.6 Å². The van der Waals surface area contributed by atoms with Crippen LogP contribution in [0.2, 0.25) is 0 Å². The summed E-state index contributed by atoms with van der Waals surface area (Å²) < 4.78 is 4.84. The van der Waals surface area contributed by atoms with Gasteiger partial charge in [0.05, 0.1) is 0 Å². The molecule has 0 aliphatic heterocycles. The van der Waals surface area contributed by atoms with Crippen molar-refractivity contribution in [1.82, 2.24) is 5.32 Å². The molecule has 0 spiro atoms. The number of amides is 2. The highest BCUT2D eigenvalue weighted by Gasteiger charge is 2.16. The van der Waals surface area contributed by atoms with Crippen LogP contribution >= 0.6 is 0 Å². The lowest BCUT2D eigenvalue weighted by molar-refractivity contribution is -0.120. The molecule has 72 valence electrons. The molecule has 0 atom stereocenters. The third-order valence-electron chi connectivity index (χ3n) is 0.961. The van der Waals surface area contributed by atoms with Gasteiger partial charge in [-0.1, -0.05) is 6.92 Å². The van der Waals surface area contributed by atoms with E-state index in [9.17, 15) is 9.59 Å². The summed E-state index contributed by atoms with van der Waals surface area (Å²) in [6.45, 7) is 6.88. The van der Waals surface area contributed by atoms with Gasteiger partial charge in [0, 0.05) is 7.85 Å². The van der Waals surface area contributed by atoms with Gasteiger partial charge >= 0.3 is 6.09 Å². The summed E-state index contributed by atoms with van der Waals surface area (Å²) in [7, 11) is 0. The fourth-order valence-corrected chi connectivity index (χ4v) is 0.506. The lowest BCUT2D eigenvalue weighted by Gasteiger charge is -2.18. The molecule has 4 nitrogen and oxygen atoms in total. The van der Waals surface area contributed by atoms with E-state index in [1.54, 1.807) is 27.7 Å². The minimum Gasteiger partial charge on any atom is -0.444 e. The highest BCUT2D eigenvalue weighted by Crippen LogP contribution is 2.06. The Labute approximate surface area is 73.8 Å². The second kappa shape index (κ2) is 4.09. The zero-order chi connectivity index (χ0) is 9.78. The Morgan fingerprint density at radius 2 is 1.92 bits per heavy atom. The molecule has 0 aliphatic carbocycles. The molecule has 0 unspecified atom stereocenters. The molecule has 0 aromatic heterocycles. The van der Waals surface area contributed by atoms with E-state index in [4.69, 9.17) is 4.74 Å². The first-order valence-corrected chi connectivity index (χ1v) is 3.88. The molecule has 0 aromatic rings. The fraction of sp³-hybridized carbons (Fsp3) is 0.750. The van der Waals surface area contributed by atoms with Gasteiger partial charge in [-0.2, -0.15) is 0 Å². The van der Waals surface area contributed by atoms with Crippen LogP contribution in [0.25, 0.3) is 0 Å².